The van der Waals surface area contributed by atoms with E-state index in [1.54, 1.807) is 6.92 Å². The summed E-state index contributed by atoms with van der Waals surface area (Å²) in [5.41, 5.74) is 0. The lowest BCUT2D eigenvalue weighted by molar-refractivity contribution is -0.141. The summed E-state index contributed by atoms with van der Waals surface area (Å²) in [6, 6.07) is 0. The van der Waals surface area contributed by atoms with Crippen molar-refractivity contribution < 1.29 is 14.3 Å². The van der Waals surface area contributed by atoms with Crippen LogP contribution in [-0.4, -0.2) is 40.2 Å². The van der Waals surface area contributed by atoms with Gasteiger partial charge in [-0.3, -0.25) is 14.7 Å². The Hall–Kier alpha value is -1.92. The Labute approximate surface area is 99.0 Å². The van der Waals surface area contributed by atoms with Gasteiger partial charge in [-0.2, -0.15) is 0 Å². The molecule has 94 valence electrons. The number of carbonyl (C=O) groups excluding carboxylic acids is 2. The molecule has 0 radical (unpaired) electrons. The minimum absolute atomic E-state index is 0.0259. The quantitative estimate of drug-likeness (QED) is 0.717. The van der Waals surface area contributed by atoms with Crippen molar-refractivity contribution in [2.75, 3.05) is 13.2 Å². The summed E-state index contributed by atoms with van der Waals surface area (Å²) in [5, 5.41) is 8.80. The Morgan fingerprint density at radius 3 is 2.71 bits per heavy atom. The van der Waals surface area contributed by atoms with Gasteiger partial charge in [0.25, 0.3) is 5.91 Å². The molecule has 0 saturated carbocycles. The van der Waals surface area contributed by atoms with Crippen molar-refractivity contribution in [3.8, 4) is 0 Å². The Kier molecular flexibility index (Phi) is 4.62. The standard InChI is InChI=1S/C10H16N4O3/c1-4-17-7(15)5-11-10(16)9-12-8(6(2)3)13-14-9/h6H,4-5H2,1-3H3,(H,11,16)(H,12,13,14). The number of rotatable bonds is 5. The van der Waals surface area contributed by atoms with Gasteiger partial charge >= 0.3 is 5.97 Å². The fourth-order valence-corrected chi connectivity index (χ4v) is 1.08. The molecule has 17 heavy (non-hydrogen) atoms. The minimum atomic E-state index is -0.499. The molecule has 0 aliphatic rings. The highest BCUT2D eigenvalue weighted by molar-refractivity contribution is 5.92. The van der Waals surface area contributed by atoms with Crippen LogP contribution in [0.15, 0.2) is 0 Å². The van der Waals surface area contributed by atoms with Crippen molar-refractivity contribution in [3.63, 3.8) is 0 Å². The molecule has 7 nitrogen and oxygen atoms in total. The molecule has 0 aliphatic heterocycles. The molecule has 1 aromatic rings. The molecule has 7 heteroatoms. The number of amides is 1. The summed E-state index contributed by atoms with van der Waals surface area (Å²) < 4.78 is 4.67. The van der Waals surface area contributed by atoms with E-state index >= 15 is 0 Å². The predicted octanol–water partition coefficient (Wildman–Crippen LogP) is 0.221. The number of hydrogen-bond acceptors (Lipinski definition) is 5. The van der Waals surface area contributed by atoms with E-state index in [2.05, 4.69) is 25.2 Å². The summed E-state index contributed by atoms with van der Waals surface area (Å²) in [5.74, 6) is -0.167. The van der Waals surface area contributed by atoms with Crippen molar-refractivity contribution >= 4 is 11.9 Å². The number of nitrogens with one attached hydrogen (secondary N) is 2. The highest BCUT2D eigenvalue weighted by Gasteiger charge is 2.14. The van der Waals surface area contributed by atoms with Gasteiger partial charge in [0, 0.05) is 5.92 Å². The topological polar surface area (TPSA) is 97.0 Å². The third-order valence-corrected chi connectivity index (χ3v) is 1.95. The molecule has 0 saturated heterocycles. The second kappa shape index (κ2) is 5.97. The van der Waals surface area contributed by atoms with E-state index < -0.39 is 11.9 Å². The van der Waals surface area contributed by atoms with Crippen molar-refractivity contribution in [1.29, 1.82) is 0 Å². The molecule has 0 fully saturated rings. The maximum Gasteiger partial charge on any atom is 0.325 e. The van der Waals surface area contributed by atoms with Crippen molar-refractivity contribution in [3.05, 3.63) is 11.6 Å². The first-order chi connectivity index (χ1) is 8.04. The maximum absolute atomic E-state index is 11.5. The first-order valence-electron chi connectivity index (χ1n) is 5.40. The van der Waals surface area contributed by atoms with Crippen LogP contribution >= 0.6 is 0 Å². The van der Waals surface area contributed by atoms with Crippen LogP contribution in [0, 0.1) is 0 Å². The van der Waals surface area contributed by atoms with E-state index in [0.29, 0.717) is 5.82 Å². The molecule has 0 aliphatic carbocycles. The van der Waals surface area contributed by atoms with Gasteiger partial charge in [-0.15, -0.1) is 5.10 Å². The third-order valence-electron chi connectivity index (χ3n) is 1.95. The molecule has 1 amide bonds. The molecule has 1 aromatic heterocycles. The Balaban J connectivity index is 2.49. The van der Waals surface area contributed by atoms with Gasteiger partial charge in [-0.05, 0) is 6.92 Å². The number of ether oxygens (including phenoxy) is 1. The number of H-pyrrole nitrogens is 1. The van der Waals surface area contributed by atoms with Crippen LogP contribution in [0.4, 0.5) is 0 Å². The average molecular weight is 240 g/mol. The SMILES string of the molecule is CCOC(=O)CNC(=O)c1n[nH]c(C(C)C)n1. The van der Waals surface area contributed by atoms with Crippen molar-refractivity contribution in [1.82, 2.24) is 20.5 Å². The second-order valence-corrected chi connectivity index (χ2v) is 3.69. The number of hydrogen-bond donors (Lipinski definition) is 2. The molecule has 0 spiro atoms. The summed E-state index contributed by atoms with van der Waals surface area (Å²) >= 11 is 0. The predicted molar refractivity (Wildman–Crippen MR) is 59.4 cm³/mol. The summed E-state index contributed by atoms with van der Waals surface area (Å²) in [6.07, 6.45) is 0. The zero-order valence-corrected chi connectivity index (χ0v) is 10.1. The smallest absolute Gasteiger partial charge is 0.325 e. The van der Waals surface area contributed by atoms with Gasteiger partial charge in [0.05, 0.1) is 6.61 Å². The third kappa shape index (κ3) is 3.86. The Morgan fingerprint density at radius 2 is 2.18 bits per heavy atom. The largest absolute Gasteiger partial charge is 0.465 e. The zero-order valence-electron chi connectivity index (χ0n) is 10.1. The van der Waals surface area contributed by atoms with Gasteiger partial charge in [-0.25, -0.2) is 4.98 Å². The average Bonchev–Trinajstić information content (AvgIpc) is 2.75. The first kappa shape index (κ1) is 13.1. The molecule has 1 heterocycles. The zero-order chi connectivity index (χ0) is 12.8. The van der Waals surface area contributed by atoms with Gasteiger partial charge in [0.2, 0.25) is 5.82 Å². The lowest BCUT2D eigenvalue weighted by Crippen LogP contribution is -2.31. The van der Waals surface area contributed by atoms with Crippen LogP contribution < -0.4 is 5.32 Å². The highest BCUT2D eigenvalue weighted by atomic mass is 16.5. The lowest BCUT2D eigenvalue weighted by Gasteiger charge is -2.02. The van der Waals surface area contributed by atoms with Crippen molar-refractivity contribution in [2.24, 2.45) is 0 Å². The number of aromatic nitrogens is 3. The van der Waals surface area contributed by atoms with E-state index in [4.69, 9.17) is 0 Å². The summed E-state index contributed by atoms with van der Waals surface area (Å²) in [6.45, 7) is 5.66. The molecule has 2 N–H and O–H groups in total. The molecular formula is C10H16N4O3. The monoisotopic (exact) mass is 240 g/mol. The van der Waals surface area contributed by atoms with E-state index in [0.717, 1.165) is 0 Å². The van der Waals surface area contributed by atoms with Crippen LogP contribution in [-0.2, 0) is 9.53 Å². The van der Waals surface area contributed by atoms with E-state index in [1.807, 2.05) is 13.8 Å². The number of nitrogens with zero attached hydrogens (tertiary/aromatic N) is 2. The van der Waals surface area contributed by atoms with Crippen LogP contribution in [0.25, 0.3) is 0 Å². The van der Waals surface area contributed by atoms with E-state index in [-0.39, 0.29) is 24.9 Å². The molecule has 0 atom stereocenters. The molecule has 0 unspecified atom stereocenters. The lowest BCUT2D eigenvalue weighted by atomic mass is 10.2. The second-order valence-electron chi connectivity index (χ2n) is 3.69. The fourth-order valence-electron chi connectivity index (χ4n) is 1.08. The van der Waals surface area contributed by atoms with Gasteiger partial charge in [0.1, 0.15) is 12.4 Å². The minimum Gasteiger partial charge on any atom is -0.465 e. The van der Waals surface area contributed by atoms with Crippen LogP contribution in [0.2, 0.25) is 0 Å². The number of esters is 1. The fraction of sp³-hybridized carbons (Fsp3) is 0.600. The van der Waals surface area contributed by atoms with Gasteiger partial charge < -0.3 is 10.1 Å². The molecular weight excluding hydrogens is 224 g/mol. The van der Waals surface area contributed by atoms with Crippen LogP contribution in [0.5, 0.6) is 0 Å². The Bertz CT molecular complexity index is 400. The number of aromatic amines is 1. The normalized spacial score (nSPS) is 10.4. The van der Waals surface area contributed by atoms with E-state index in [9.17, 15) is 9.59 Å². The summed E-state index contributed by atoms with van der Waals surface area (Å²) in [4.78, 5) is 26.5. The van der Waals surface area contributed by atoms with E-state index in [1.165, 1.54) is 0 Å². The maximum atomic E-state index is 11.5. The highest BCUT2D eigenvalue weighted by Crippen LogP contribution is 2.07. The van der Waals surface area contributed by atoms with Gasteiger partial charge in [-0.1, -0.05) is 13.8 Å². The van der Waals surface area contributed by atoms with Crippen LogP contribution in [0.1, 0.15) is 43.1 Å². The number of carbonyl (C=O) groups is 2. The molecule has 0 aromatic carbocycles. The van der Waals surface area contributed by atoms with Crippen LogP contribution in [0.3, 0.4) is 0 Å². The molecule has 0 bridgehead atoms. The first-order valence-corrected chi connectivity index (χ1v) is 5.40. The Morgan fingerprint density at radius 1 is 1.47 bits per heavy atom. The summed E-state index contributed by atoms with van der Waals surface area (Å²) in [7, 11) is 0. The molecule has 1 rings (SSSR count). The van der Waals surface area contributed by atoms with Crippen molar-refractivity contribution in [2.45, 2.75) is 26.7 Å². The van der Waals surface area contributed by atoms with Gasteiger partial charge in [0.15, 0.2) is 0 Å².